The molecule has 0 amide bonds. The number of nitrogens with two attached hydrogens (primary N) is 1. The first-order valence-corrected chi connectivity index (χ1v) is 8.87. The highest BCUT2D eigenvalue weighted by atomic mass is 32.2. The third-order valence-corrected chi connectivity index (χ3v) is 4.96. The number of rotatable bonds is 3. The van der Waals surface area contributed by atoms with Crippen molar-refractivity contribution < 1.29 is 8.42 Å². The van der Waals surface area contributed by atoms with Crippen LogP contribution in [0.2, 0.25) is 0 Å². The number of aromatic nitrogens is 1. The fourth-order valence-electron chi connectivity index (χ4n) is 2.91. The molecular weight excluding hydrogens is 298 g/mol. The number of primary sulfonamides is 1. The van der Waals surface area contributed by atoms with E-state index >= 15 is 0 Å². The van der Waals surface area contributed by atoms with Crippen LogP contribution in [0.25, 0.3) is 0 Å². The zero-order valence-corrected chi connectivity index (χ0v) is 13.0. The highest BCUT2D eigenvalue weighted by Crippen LogP contribution is 2.29. The van der Waals surface area contributed by atoms with Crippen LogP contribution in [0, 0.1) is 0 Å². The monoisotopic (exact) mass is 317 g/mol. The first kappa shape index (κ1) is 15.0. The first-order valence-electron chi connectivity index (χ1n) is 7.33. The maximum absolute atomic E-state index is 11.3. The van der Waals surface area contributed by atoms with E-state index < -0.39 is 10.0 Å². The number of nitrogens with zero attached hydrogens (tertiary/aromatic N) is 2. The lowest BCUT2D eigenvalue weighted by Crippen LogP contribution is -2.34. The standard InChI is InChI=1S/C16H19N3O2S/c17-22(20,21)15-8-9-16(18-11-15)19-10-4-7-14(12-19)13-5-2-1-3-6-13/h1-3,5-6,8-9,11,14H,4,7,10,12H2,(H2,17,20,21). The summed E-state index contributed by atoms with van der Waals surface area (Å²) in [5, 5.41) is 5.10. The number of benzene rings is 1. The molecule has 22 heavy (non-hydrogen) atoms. The molecule has 6 heteroatoms. The zero-order valence-electron chi connectivity index (χ0n) is 12.2. The predicted molar refractivity (Wildman–Crippen MR) is 86.2 cm³/mol. The predicted octanol–water partition coefficient (Wildman–Crippen LogP) is 2.11. The number of piperidine rings is 1. The molecular formula is C16H19N3O2S. The van der Waals surface area contributed by atoms with Crippen molar-refractivity contribution in [1.82, 2.24) is 4.98 Å². The van der Waals surface area contributed by atoms with Gasteiger partial charge in [-0.05, 0) is 30.5 Å². The molecule has 1 saturated heterocycles. The van der Waals surface area contributed by atoms with Gasteiger partial charge in [-0.25, -0.2) is 18.5 Å². The van der Waals surface area contributed by atoms with Gasteiger partial charge in [-0.2, -0.15) is 0 Å². The number of hydrogen-bond donors (Lipinski definition) is 1. The summed E-state index contributed by atoms with van der Waals surface area (Å²) in [4.78, 5) is 6.52. The molecule has 0 bridgehead atoms. The van der Waals surface area contributed by atoms with Gasteiger partial charge in [0, 0.05) is 25.2 Å². The summed E-state index contributed by atoms with van der Waals surface area (Å²) < 4.78 is 22.6. The summed E-state index contributed by atoms with van der Waals surface area (Å²) in [6, 6.07) is 13.7. The van der Waals surface area contributed by atoms with Crippen LogP contribution in [0.1, 0.15) is 24.3 Å². The van der Waals surface area contributed by atoms with Gasteiger partial charge in [-0.1, -0.05) is 30.3 Å². The van der Waals surface area contributed by atoms with Gasteiger partial charge in [0.25, 0.3) is 0 Å². The first-order chi connectivity index (χ1) is 10.5. The van der Waals surface area contributed by atoms with Crippen LogP contribution in [0.5, 0.6) is 0 Å². The van der Waals surface area contributed by atoms with E-state index in [2.05, 4.69) is 34.1 Å². The molecule has 3 rings (SSSR count). The highest BCUT2D eigenvalue weighted by Gasteiger charge is 2.22. The normalized spacial score (nSPS) is 19.1. The van der Waals surface area contributed by atoms with E-state index in [4.69, 9.17) is 5.14 Å². The van der Waals surface area contributed by atoms with E-state index in [9.17, 15) is 8.42 Å². The topological polar surface area (TPSA) is 76.3 Å². The van der Waals surface area contributed by atoms with Crippen LogP contribution in [-0.4, -0.2) is 26.5 Å². The van der Waals surface area contributed by atoms with Crippen molar-refractivity contribution in [2.24, 2.45) is 5.14 Å². The second-order valence-corrected chi connectivity index (χ2v) is 7.15. The molecule has 2 aromatic rings. The molecule has 1 unspecified atom stereocenters. The van der Waals surface area contributed by atoms with Gasteiger partial charge in [-0.3, -0.25) is 0 Å². The average Bonchev–Trinajstić information content (AvgIpc) is 2.55. The van der Waals surface area contributed by atoms with Crippen molar-refractivity contribution in [3.05, 3.63) is 54.2 Å². The second kappa shape index (κ2) is 6.06. The molecule has 2 N–H and O–H groups in total. The Kier molecular flexibility index (Phi) is 4.13. The molecule has 0 saturated carbocycles. The van der Waals surface area contributed by atoms with Gasteiger partial charge < -0.3 is 4.90 Å². The summed E-state index contributed by atoms with van der Waals surface area (Å²) in [5.41, 5.74) is 1.34. The molecule has 5 nitrogen and oxygen atoms in total. The quantitative estimate of drug-likeness (QED) is 0.940. The molecule has 0 aliphatic carbocycles. The van der Waals surface area contributed by atoms with E-state index in [1.54, 1.807) is 6.07 Å². The molecule has 1 aromatic heterocycles. The van der Waals surface area contributed by atoms with Gasteiger partial charge in [0.15, 0.2) is 0 Å². The van der Waals surface area contributed by atoms with Gasteiger partial charge in [0.05, 0.1) is 0 Å². The van der Waals surface area contributed by atoms with Crippen molar-refractivity contribution in [1.29, 1.82) is 0 Å². The van der Waals surface area contributed by atoms with Crippen molar-refractivity contribution in [2.75, 3.05) is 18.0 Å². The minimum atomic E-state index is -3.69. The van der Waals surface area contributed by atoms with Crippen LogP contribution < -0.4 is 10.0 Å². The number of anilines is 1. The van der Waals surface area contributed by atoms with E-state index in [0.29, 0.717) is 5.92 Å². The fourth-order valence-corrected chi connectivity index (χ4v) is 3.37. The molecule has 1 aliphatic rings. The maximum Gasteiger partial charge on any atom is 0.239 e. The number of sulfonamides is 1. The van der Waals surface area contributed by atoms with Gasteiger partial charge in [0.2, 0.25) is 10.0 Å². The largest absolute Gasteiger partial charge is 0.356 e. The minimum Gasteiger partial charge on any atom is -0.356 e. The van der Waals surface area contributed by atoms with Crippen LogP contribution in [-0.2, 0) is 10.0 Å². The van der Waals surface area contributed by atoms with Crippen LogP contribution >= 0.6 is 0 Å². The molecule has 1 aromatic carbocycles. The summed E-state index contributed by atoms with van der Waals surface area (Å²) in [6.07, 6.45) is 3.59. The number of pyridine rings is 1. The summed E-state index contributed by atoms with van der Waals surface area (Å²) in [5.74, 6) is 1.28. The Hall–Kier alpha value is -1.92. The molecule has 0 radical (unpaired) electrons. The van der Waals surface area contributed by atoms with Gasteiger partial charge in [-0.15, -0.1) is 0 Å². The third kappa shape index (κ3) is 3.28. The Balaban J connectivity index is 1.77. The van der Waals surface area contributed by atoms with Crippen LogP contribution in [0.4, 0.5) is 5.82 Å². The summed E-state index contributed by atoms with van der Waals surface area (Å²) in [6.45, 7) is 1.83. The van der Waals surface area contributed by atoms with E-state index in [1.807, 2.05) is 6.07 Å². The number of hydrogen-bond acceptors (Lipinski definition) is 4. The van der Waals surface area contributed by atoms with Gasteiger partial charge in [0.1, 0.15) is 10.7 Å². The smallest absolute Gasteiger partial charge is 0.239 e. The lowest BCUT2D eigenvalue weighted by molar-refractivity contribution is 0.507. The third-order valence-electron chi connectivity index (χ3n) is 4.07. The van der Waals surface area contributed by atoms with Gasteiger partial charge >= 0.3 is 0 Å². The lowest BCUT2D eigenvalue weighted by atomic mass is 9.91. The zero-order chi connectivity index (χ0) is 15.6. The molecule has 1 fully saturated rings. The summed E-state index contributed by atoms with van der Waals surface area (Å²) >= 11 is 0. The Labute approximate surface area is 130 Å². The van der Waals surface area contributed by atoms with E-state index in [1.165, 1.54) is 17.8 Å². The maximum atomic E-state index is 11.3. The Morgan fingerprint density at radius 1 is 1.14 bits per heavy atom. The molecule has 1 atom stereocenters. The van der Waals surface area contributed by atoms with Crippen molar-refractivity contribution in [2.45, 2.75) is 23.7 Å². The van der Waals surface area contributed by atoms with Crippen molar-refractivity contribution in [3.63, 3.8) is 0 Å². The van der Waals surface area contributed by atoms with Crippen LogP contribution in [0.3, 0.4) is 0 Å². The van der Waals surface area contributed by atoms with Crippen molar-refractivity contribution >= 4 is 15.8 Å². The molecule has 0 spiro atoms. The lowest BCUT2D eigenvalue weighted by Gasteiger charge is -2.33. The van der Waals surface area contributed by atoms with Crippen LogP contribution in [0.15, 0.2) is 53.6 Å². The van der Waals surface area contributed by atoms with Crippen molar-refractivity contribution in [3.8, 4) is 0 Å². The minimum absolute atomic E-state index is 0.0490. The molecule has 1 aliphatic heterocycles. The summed E-state index contributed by atoms with van der Waals surface area (Å²) in [7, 11) is -3.69. The second-order valence-electron chi connectivity index (χ2n) is 5.59. The molecule has 116 valence electrons. The Bertz CT molecular complexity index is 730. The Morgan fingerprint density at radius 2 is 1.91 bits per heavy atom. The highest BCUT2D eigenvalue weighted by molar-refractivity contribution is 7.89. The molecule has 2 heterocycles. The van der Waals surface area contributed by atoms with E-state index in [0.717, 1.165) is 31.7 Å². The fraction of sp³-hybridized carbons (Fsp3) is 0.312. The Morgan fingerprint density at radius 3 is 2.55 bits per heavy atom. The SMILES string of the molecule is NS(=O)(=O)c1ccc(N2CCCC(c3ccccc3)C2)nc1. The average molecular weight is 317 g/mol. The van der Waals surface area contributed by atoms with E-state index in [-0.39, 0.29) is 4.90 Å².